The van der Waals surface area contributed by atoms with E-state index in [9.17, 15) is 0 Å². The number of aliphatic hydroxyl groups is 1. The summed E-state index contributed by atoms with van der Waals surface area (Å²) in [7, 11) is 0. The van der Waals surface area contributed by atoms with E-state index in [1.165, 1.54) is 0 Å². The Balaban J connectivity index is -0.0000000150. The van der Waals surface area contributed by atoms with Gasteiger partial charge >= 0.3 is 23.1 Å². The quantitative estimate of drug-likeness (QED) is 0.419. The topological polar surface area (TPSA) is 20.2 Å². The average molecular weight is 86.4 g/mol. The van der Waals surface area contributed by atoms with E-state index in [4.69, 9.17) is 5.11 Å². The standard InChI is InChI=1S/C3H8O.Mg.2H/c1-3(2)4;;;/h3-4H,1-2H3;;;/q;+2;2*-1. The Hall–Kier alpha value is 0.726. The SMILES string of the molecule is CC(C)O.[H-].[H-].[Mg+2]. The Morgan fingerprint density at radius 3 is 1.60 bits per heavy atom. The number of hydrogen-bond donors (Lipinski definition) is 1. The van der Waals surface area contributed by atoms with Gasteiger partial charge in [0.15, 0.2) is 0 Å². The molecule has 5 heavy (non-hydrogen) atoms. The minimum absolute atomic E-state index is 0. The first-order chi connectivity index (χ1) is 1.73. The van der Waals surface area contributed by atoms with Gasteiger partial charge in [0.05, 0.1) is 0 Å². The van der Waals surface area contributed by atoms with Gasteiger partial charge in [-0.15, -0.1) is 0 Å². The first-order valence-corrected chi connectivity index (χ1v) is 1.41. The van der Waals surface area contributed by atoms with Crippen LogP contribution in [0.25, 0.3) is 0 Å². The zero-order chi connectivity index (χ0) is 3.58. The summed E-state index contributed by atoms with van der Waals surface area (Å²) in [5.74, 6) is 0. The molecule has 0 spiro atoms. The maximum atomic E-state index is 8.06. The molecule has 1 N–H and O–H groups in total. The van der Waals surface area contributed by atoms with Gasteiger partial charge in [-0.05, 0) is 13.8 Å². The van der Waals surface area contributed by atoms with E-state index in [0.717, 1.165) is 0 Å². The molecule has 0 bridgehead atoms. The Bertz CT molecular complexity index is 17.7. The third-order valence-electron chi connectivity index (χ3n) is 0. The molecule has 0 radical (unpaired) electrons. The molecule has 0 atom stereocenters. The molecule has 0 fully saturated rings. The first-order valence-electron chi connectivity index (χ1n) is 1.41. The van der Waals surface area contributed by atoms with Crippen molar-refractivity contribution in [3.05, 3.63) is 0 Å². The normalized spacial score (nSPS) is 7.20. The van der Waals surface area contributed by atoms with Crippen molar-refractivity contribution < 1.29 is 7.96 Å². The summed E-state index contributed by atoms with van der Waals surface area (Å²) < 4.78 is 0. The smallest absolute Gasteiger partial charge is 1.00 e. The number of rotatable bonds is 0. The van der Waals surface area contributed by atoms with Gasteiger partial charge < -0.3 is 7.96 Å². The molecule has 2 heteroatoms. The summed E-state index contributed by atoms with van der Waals surface area (Å²) in [5, 5.41) is 8.06. The predicted molar refractivity (Wildman–Crippen MR) is 25.3 cm³/mol. The summed E-state index contributed by atoms with van der Waals surface area (Å²) in [6.45, 7) is 3.44. The molecule has 0 saturated carbocycles. The molecular formula is C3H10MgO. The molecule has 0 aliphatic carbocycles. The minimum Gasteiger partial charge on any atom is -1.00 e. The van der Waals surface area contributed by atoms with Gasteiger partial charge in [-0.1, -0.05) is 0 Å². The second kappa shape index (κ2) is 4.73. The maximum absolute atomic E-state index is 8.06. The van der Waals surface area contributed by atoms with Crippen molar-refractivity contribution in [2.75, 3.05) is 0 Å². The van der Waals surface area contributed by atoms with Gasteiger partial charge in [-0.3, -0.25) is 0 Å². The third kappa shape index (κ3) is 66.6. The monoisotopic (exact) mass is 86.1 g/mol. The van der Waals surface area contributed by atoms with Gasteiger partial charge in [-0.25, -0.2) is 0 Å². The largest absolute Gasteiger partial charge is 2.00 e. The number of aliphatic hydroxyl groups excluding tert-OH is 1. The summed E-state index contributed by atoms with van der Waals surface area (Å²) in [5.41, 5.74) is 0. The van der Waals surface area contributed by atoms with E-state index in [0.29, 0.717) is 0 Å². The summed E-state index contributed by atoms with van der Waals surface area (Å²) >= 11 is 0. The summed E-state index contributed by atoms with van der Waals surface area (Å²) in [6.07, 6.45) is -0.167. The van der Waals surface area contributed by atoms with Crippen LogP contribution in [-0.2, 0) is 0 Å². The van der Waals surface area contributed by atoms with E-state index in [2.05, 4.69) is 0 Å². The van der Waals surface area contributed by atoms with Crippen molar-refractivity contribution in [3.63, 3.8) is 0 Å². The molecule has 0 heterocycles. The Morgan fingerprint density at radius 2 is 1.60 bits per heavy atom. The van der Waals surface area contributed by atoms with Gasteiger partial charge in [-0.2, -0.15) is 0 Å². The van der Waals surface area contributed by atoms with Crippen LogP contribution in [-0.4, -0.2) is 34.3 Å². The second-order valence-corrected chi connectivity index (χ2v) is 1.09. The van der Waals surface area contributed by atoms with Gasteiger partial charge in [0.2, 0.25) is 0 Å². The van der Waals surface area contributed by atoms with E-state index >= 15 is 0 Å². The first kappa shape index (κ1) is 9.21. The Kier molecular flexibility index (Phi) is 8.71. The maximum Gasteiger partial charge on any atom is 2.00 e. The second-order valence-electron chi connectivity index (χ2n) is 1.09. The molecule has 0 aromatic rings. The molecule has 0 unspecified atom stereocenters. The van der Waals surface area contributed by atoms with Gasteiger partial charge in [0.25, 0.3) is 0 Å². The summed E-state index contributed by atoms with van der Waals surface area (Å²) in [6, 6.07) is 0. The van der Waals surface area contributed by atoms with Crippen LogP contribution in [0.4, 0.5) is 0 Å². The van der Waals surface area contributed by atoms with E-state index in [1.807, 2.05) is 0 Å². The predicted octanol–water partition coefficient (Wildman–Crippen LogP) is 0.231. The molecule has 0 aromatic carbocycles. The molecule has 1 nitrogen and oxygen atoms in total. The minimum atomic E-state index is -0.167. The molecule has 0 aliphatic heterocycles. The van der Waals surface area contributed by atoms with Crippen LogP contribution in [0.2, 0.25) is 0 Å². The van der Waals surface area contributed by atoms with Crippen molar-refractivity contribution >= 4 is 23.1 Å². The van der Waals surface area contributed by atoms with E-state index in [1.54, 1.807) is 13.8 Å². The summed E-state index contributed by atoms with van der Waals surface area (Å²) in [4.78, 5) is 0. The van der Waals surface area contributed by atoms with Crippen LogP contribution in [0.15, 0.2) is 0 Å². The fourth-order valence-corrected chi connectivity index (χ4v) is 0. The number of hydrogen-bond acceptors (Lipinski definition) is 1. The molecule has 0 aromatic heterocycles. The Morgan fingerprint density at radius 1 is 1.60 bits per heavy atom. The van der Waals surface area contributed by atoms with E-state index < -0.39 is 0 Å². The van der Waals surface area contributed by atoms with Crippen molar-refractivity contribution in [1.82, 2.24) is 0 Å². The van der Waals surface area contributed by atoms with Crippen molar-refractivity contribution in [2.45, 2.75) is 20.0 Å². The van der Waals surface area contributed by atoms with Crippen LogP contribution in [0.5, 0.6) is 0 Å². The van der Waals surface area contributed by atoms with Crippen LogP contribution in [0.3, 0.4) is 0 Å². The molecule has 30 valence electrons. The fourth-order valence-electron chi connectivity index (χ4n) is 0. The zero-order valence-electron chi connectivity index (χ0n) is 5.73. The molecule has 0 saturated heterocycles. The van der Waals surface area contributed by atoms with Gasteiger partial charge in [0, 0.05) is 6.10 Å². The zero-order valence-corrected chi connectivity index (χ0v) is 5.15. The van der Waals surface area contributed by atoms with E-state index in [-0.39, 0.29) is 32.0 Å². The average Bonchev–Trinajstić information content (AvgIpc) is 0.811. The van der Waals surface area contributed by atoms with Crippen LogP contribution >= 0.6 is 0 Å². The third-order valence-corrected chi connectivity index (χ3v) is 0. The van der Waals surface area contributed by atoms with Crippen molar-refractivity contribution in [3.8, 4) is 0 Å². The van der Waals surface area contributed by atoms with Crippen LogP contribution in [0.1, 0.15) is 16.7 Å². The Labute approximate surface area is 51.5 Å². The molecule has 0 aliphatic rings. The molecule has 0 amide bonds. The molecular weight excluding hydrogens is 76.3 g/mol. The van der Waals surface area contributed by atoms with Gasteiger partial charge in [0.1, 0.15) is 0 Å². The molecule has 0 rings (SSSR count). The van der Waals surface area contributed by atoms with Crippen molar-refractivity contribution in [2.24, 2.45) is 0 Å². The fraction of sp³-hybridized carbons (Fsp3) is 1.00. The van der Waals surface area contributed by atoms with Crippen LogP contribution in [0, 0.1) is 0 Å². The van der Waals surface area contributed by atoms with Crippen molar-refractivity contribution in [1.29, 1.82) is 0 Å². The van der Waals surface area contributed by atoms with Crippen LogP contribution < -0.4 is 0 Å².